The van der Waals surface area contributed by atoms with Crippen LogP contribution in [-0.4, -0.2) is 36.4 Å². The third-order valence-corrected chi connectivity index (χ3v) is 13.4. The lowest BCUT2D eigenvalue weighted by Gasteiger charge is -2.15. The van der Waals surface area contributed by atoms with Crippen molar-refractivity contribution in [2.24, 2.45) is 0 Å². The molecule has 1 atom stereocenters. The van der Waals surface area contributed by atoms with E-state index in [0.29, 0.717) is 12.8 Å². The van der Waals surface area contributed by atoms with Crippen molar-refractivity contribution in [3.63, 3.8) is 0 Å². The van der Waals surface area contributed by atoms with Gasteiger partial charge in [-0.3, -0.25) is 9.59 Å². The Kier molecular flexibility index (Phi) is 61.9. The highest BCUT2D eigenvalue weighted by atomic mass is 16.6. The first-order valence-electron chi connectivity index (χ1n) is 31.7. The summed E-state index contributed by atoms with van der Waals surface area (Å²) in [6.45, 7) is 4.02. The van der Waals surface area contributed by atoms with E-state index in [1.165, 1.54) is 148 Å². The van der Waals surface area contributed by atoms with E-state index in [1.807, 2.05) is 0 Å². The van der Waals surface area contributed by atoms with Gasteiger partial charge >= 0.3 is 11.9 Å². The summed E-state index contributed by atoms with van der Waals surface area (Å²) in [4.78, 5) is 24.6. The summed E-state index contributed by atoms with van der Waals surface area (Å²) >= 11 is 0. The molecule has 0 saturated carbocycles. The van der Waals surface area contributed by atoms with Crippen LogP contribution in [-0.2, 0) is 19.1 Å². The zero-order chi connectivity index (χ0) is 54.8. The number of hydrogen-bond acceptors (Lipinski definition) is 5. The molecule has 432 valence electrons. The van der Waals surface area contributed by atoms with Gasteiger partial charge in [-0.15, -0.1) is 0 Å². The first-order chi connectivity index (χ1) is 37.6. The van der Waals surface area contributed by atoms with Gasteiger partial charge in [0, 0.05) is 12.8 Å². The third-order valence-electron chi connectivity index (χ3n) is 13.4. The molecule has 5 heteroatoms. The van der Waals surface area contributed by atoms with Gasteiger partial charge < -0.3 is 14.6 Å². The van der Waals surface area contributed by atoms with Gasteiger partial charge in [0.1, 0.15) is 6.61 Å². The largest absolute Gasteiger partial charge is 0.462 e. The molecule has 0 aliphatic rings. The average Bonchev–Trinajstić information content (AvgIpc) is 3.42. The molecule has 0 rings (SSSR count). The number of esters is 2. The Hall–Kier alpha value is -3.96. The van der Waals surface area contributed by atoms with Crippen LogP contribution in [0, 0.1) is 0 Å². The Bertz CT molecular complexity index is 1570. The maximum Gasteiger partial charge on any atom is 0.306 e. The molecule has 0 heterocycles. The zero-order valence-corrected chi connectivity index (χ0v) is 49.5. The molecule has 0 fully saturated rings. The van der Waals surface area contributed by atoms with E-state index >= 15 is 0 Å². The second kappa shape index (κ2) is 65.3. The number of aliphatic hydroxyl groups is 1. The van der Waals surface area contributed by atoms with E-state index in [9.17, 15) is 14.7 Å². The standard InChI is InChI=1S/C71H118O5/c1-3-5-7-9-11-13-15-17-19-21-23-25-27-29-31-32-33-34-35-36-37-38-40-42-44-46-48-50-52-54-56-58-60-62-64-66-71(74)76-69(67-72)68-75-70(73)65-63-61-59-57-55-53-51-49-47-45-43-41-39-30-28-26-24-22-20-18-16-14-12-10-8-6-4-2/h5,7,11,13,16-19,22-25,29,31,33-34,36-37,40,42,46,48,69,72H,3-4,6,8-10,12,14-15,20-21,26-28,30,32,35,38-39,41,43-45,47,49-68H2,1-2H3/b7-5-,13-11-,18-16-,19-17-,24-22-,25-23-,31-29-,34-33-,37-36-,42-40-,48-46-. The Morgan fingerprint density at radius 3 is 0.855 bits per heavy atom. The molecule has 0 bridgehead atoms. The predicted molar refractivity (Wildman–Crippen MR) is 334 cm³/mol. The van der Waals surface area contributed by atoms with Crippen molar-refractivity contribution in [1.29, 1.82) is 0 Å². The second-order valence-electron chi connectivity index (χ2n) is 20.8. The van der Waals surface area contributed by atoms with Gasteiger partial charge in [0.05, 0.1) is 6.61 Å². The number of carbonyl (C=O) groups is 2. The van der Waals surface area contributed by atoms with Crippen molar-refractivity contribution in [2.75, 3.05) is 13.2 Å². The number of allylic oxidation sites excluding steroid dienone is 22. The molecule has 0 aliphatic heterocycles. The fourth-order valence-corrected chi connectivity index (χ4v) is 8.70. The smallest absolute Gasteiger partial charge is 0.306 e. The van der Waals surface area contributed by atoms with Gasteiger partial charge in [0.25, 0.3) is 0 Å². The fraction of sp³-hybridized carbons (Fsp3) is 0.662. The molecule has 0 radical (unpaired) electrons. The number of hydrogen-bond donors (Lipinski definition) is 1. The highest BCUT2D eigenvalue weighted by Crippen LogP contribution is 2.16. The predicted octanol–water partition coefficient (Wildman–Crippen LogP) is 22.0. The average molecular weight is 1050 g/mol. The summed E-state index contributed by atoms with van der Waals surface area (Å²) in [7, 11) is 0. The maximum atomic E-state index is 12.3. The molecule has 0 aromatic rings. The van der Waals surface area contributed by atoms with E-state index in [-0.39, 0.29) is 25.2 Å². The highest BCUT2D eigenvalue weighted by Gasteiger charge is 2.16. The van der Waals surface area contributed by atoms with E-state index < -0.39 is 6.10 Å². The van der Waals surface area contributed by atoms with E-state index in [1.54, 1.807) is 0 Å². The number of unbranched alkanes of at least 4 members (excludes halogenated alkanes) is 27. The van der Waals surface area contributed by atoms with E-state index in [4.69, 9.17) is 9.47 Å². The Morgan fingerprint density at radius 2 is 0.566 bits per heavy atom. The first kappa shape index (κ1) is 72.0. The van der Waals surface area contributed by atoms with Crippen molar-refractivity contribution < 1.29 is 24.2 Å². The Balaban J connectivity index is 3.57. The molecule has 0 spiro atoms. The summed E-state index contributed by atoms with van der Waals surface area (Å²) in [5.74, 6) is -0.604. The quantitative estimate of drug-likeness (QED) is 0.0373. The highest BCUT2D eigenvalue weighted by molar-refractivity contribution is 5.70. The van der Waals surface area contributed by atoms with Crippen LogP contribution in [0.25, 0.3) is 0 Å². The molecular weight excluding hydrogens is 933 g/mol. The van der Waals surface area contributed by atoms with E-state index in [0.717, 1.165) is 109 Å². The third kappa shape index (κ3) is 62.6. The van der Waals surface area contributed by atoms with Gasteiger partial charge in [-0.25, -0.2) is 0 Å². The molecular formula is C71H118O5. The lowest BCUT2D eigenvalue weighted by atomic mass is 10.0. The maximum absolute atomic E-state index is 12.3. The number of carbonyl (C=O) groups excluding carboxylic acids is 2. The number of aliphatic hydroxyl groups excluding tert-OH is 1. The Morgan fingerprint density at radius 1 is 0.316 bits per heavy atom. The summed E-state index contributed by atoms with van der Waals surface area (Å²) < 4.78 is 10.7. The van der Waals surface area contributed by atoms with Crippen molar-refractivity contribution in [1.82, 2.24) is 0 Å². The molecule has 0 aromatic carbocycles. The topological polar surface area (TPSA) is 72.8 Å². The minimum atomic E-state index is -0.788. The molecule has 5 nitrogen and oxygen atoms in total. The summed E-state index contributed by atoms with van der Waals surface area (Å²) in [6.07, 6.45) is 97.2. The SMILES string of the molecule is CC/C=C\C/C=C\C/C=C\C/C=C\C/C=C\C/C=C\C/C=C\C/C=C\C/C=C\CCCCCCCCCC(=O)OC(CO)COC(=O)CCCCCCCCCCCCCCCCC/C=C\C/C=C\CCCCCCC. The van der Waals surface area contributed by atoms with Crippen LogP contribution in [0.2, 0.25) is 0 Å². The lowest BCUT2D eigenvalue weighted by Crippen LogP contribution is -2.28. The number of rotatable bonds is 57. The Labute approximate surface area is 470 Å². The minimum Gasteiger partial charge on any atom is -0.462 e. The minimum absolute atomic E-state index is 0.0763. The molecule has 1 N–H and O–H groups in total. The van der Waals surface area contributed by atoms with Crippen LogP contribution in [0.15, 0.2) is 134 Å². The van der Waals surface area contributed by atoms with Crippen LogP contribution in [0.4, 0.5) is 0 Å². The first-order valence-corrected chi connectivity index (χ1v) is 31.7. The van der Waals surface area contributed by atoms with Crippen molar-refractivity contribution in [2.45, 2.75) is 290 Å². The van der Waals surface area contributed by atoms with Crippen LogP contribution in [0.3, 0.4) is 0 Å². The molecule has 0 saturated heterocycles. The summed E-state index contributed by atoms with van der Waals surface area (Å²) in [5, 5.41) is 9.68. The number of ether oxygens (including phenoxy) is 2. The summed E-state index contributed by atoms with van der Waals surface area (Å²) in [6, 6.07) is 0. The molecule has 0 aromatic heterocycles. The van der Waals surface area contributed by atoms with Crippen molar-refractivity contribution in [3.8, 4) is 0 Å². The van der Waals surface area contributed by atoms with Crippen LogP contribution in [0.1, 0.15) is 284 Å². The monoisotopic (exact) mass is 1050 g/mol. The fourth-order valence-electron chi connectivity index (χ4n) is 8.70. The van der Waals surface area contributed by atoms with Gasteiger partial charge in [-0.2, -0.15) is 0 Å². The summed E-state index contributed by atoms with van der Waals surface area (Å²) in [5.41, 5.74) is 0. The van der Waals surface area contributed by atoms with Crippen LogP contribution in [0.5, 0.6) is 0 Å². The normalized spacial score (nSPS) is 13.1. The van der Waals surface area contributed by atoms with Gasteiger partial charge in [0.2, 0.25) is 0 Å². The molecule has 1 unspecified atom stereocenters. The molecule has 0 aliphatic carbocycles. The van der Waals surface area contributed by atoms with Gasteiger partial charge in [-0.1, -0.05) is 289 Å². The van der Waals surface area contributed by atoms with Gasteiger partial charge in [0.15, 0.2) is 6.10 Å². The van der Waals surface area contributed by atoms with Gasteiger partial charge in [-0.05, 0) is 116 Å². The van der Waals surface area contributed by atoms with Crippen molar-refractivity contribution in [3.05, 3.63) is 134 Å². The van der Waals surface area contributed by atoms with Crippen molar-refractivity contribution >= 4 is 11.9 Å². The molecule has 76 heavy (non-hydrogen) atoms. The molecule has 0 amide bonds. The zero-order valence-electron chi connectivity index (χ0n) is 49.5. The van der Waals surface area contributed by atoms with E-state index in [2.05, 4.69) is 148 Å². The van der Waals surface area contributed by atoms with Crippen LogP contribution >= 0.6 is 0 Å². The second-order valence-corrected chi connectivity index (χ2v) is 20.8. The van der Waals surface area contributed by atoms with Crippen LogP contribution < -0.4 is 0 Å². The lowest BCUT2D eigenvalue weighted by molar-refractivity contribution is -0.161.